The van der Waals surface area contributed by atoms with Crippen LogP contribution in [0.3, 0.4) is 0 Å². The van der Waals surface area contributed by atoms with E-state index in [4.69, 9.17) is 9.47 Å². The van der Waals surface area contributed by atoms with Crippen molar-refractivity contribution in [1.29, 1.82) is 0 Å². The number of thiazole rings is 1. The summed E-state index contributed by atoms with van der Waals surface area (Å²) in [5.41, 5.74) is -0.348. The van der Waals surface area contributed by atoms with Gasteiger partial charge in [-0.1, -0.05) is 0 Å². The normalized spacial score (nSPS) is 20.9. The second-order valence-corrected chi connectivity index (χ2v) is 7.06. The molecule has 1 aliphatic rings. The Morgan fingerprint density at radius 1 is 1.56 bits per heavy atom. The Balaban J connectivity index is 1.68. The predicted octanol–water partition coefficient (Wildman–Crippen LogP) is 0.221. The average Bonchev–Trinajstić information content (AvgIpc) is 3.06. The molecule has 1 N–H and O–H groups in total. The third-order valence-electron chi connectivity index (χ3n) is 4.07. The third kappa shape index (κ3) is 4.24. The second kappa shape index (κ2) is 8.05. The number of amides is 1. The minimum absolute atomic E-state index is 0.0218. The summed E-state index contributed by atoms with van der Waals surface area (Å²) in [5, 5.41) is 4.63. The smallest absolute Gasteiger partial charge is 0.271 e. The molecule has 0 saturated carbocycles. The number of likely N-dealkylation sites (N-methyl/N-ethyl adjacent to an activating group) is 1. The van der Waals surface area contributed by atoms with Crippen molar-refractivity contribution in [3.8, 4) is 0 Å². The van der Waals surface area contributed by atoms with Gasteiger partial charge < -0.3 is 19.7 Å². The topological polar surface area (TPSA) is 85.2 Å². The highest BCUT2D eigenvalue weighted by Gasteiger charge is 2.29. The van der Waals surface area contributed by atoms with E-state index >= 15 is 0 Å². The van der Waals surface area contributed by atoms with Crippen LogP contribution >= 0.6 is 11.3 Å². The molecule has 1 saturated heterocycles. The van der Waals surface area contributed by atoms with Crippen LogP contribution in [0.25, 0.3) is 4.96 Å². The maximum absolute atomic E-state index is 12.5. The van der Waals surface area contributed by atoms with Crippen LogP contribution in [-0.4, -0.2) is 72.8 Å². The van der Waals surface area contributed by atoms with Gasteiger partial charge in [0.15, 0.2) is 4.96 Å². The number of ether oxygens (including phenoxy) is 2. The van der Waals surface area contributed by atoms with Gasteiger partial charge in [-0.25, -0.2) is 4.98 Å². The first-order chi connectivity index (χ1) is 12.1. The quantitative estimate of drug-likeness (QED) is 0.787. The zero-order chi connectivity index (χ0) is 17.8. The summed E-state index contributed by atoms with van der Waals surface area (Å²) in [6.45, 7) is 2.35. The molecule has 1 aliphatic heterocycles. The van der Waals surface area contributed by atoms with Gasteiger partial charge in [-0.2, -0.15) is 0 Å². The highest BCUT2D eigenvalue weighted by molar-refractivity contribution is 7.15. The molecule has 1 amide bonds. The lowest BCUT2D eigenvalue weighted by molar-refractivity contribution is -0.0562. The summed E-state index contributed by atoms with van der Waals surface area (Å²) in [5.74, 6) is -0.449. The molecule has 3 heterocycles. The number of carbonyl (C=O) groups excluding carboxylic acids is 1. The van der Waals surface area contributed by atoms with Gasteiger partial charge in [0.05, 0.1) is 25.4 Å². The Morgan fingerprint density at radius 2 is 2.40 bits per heavy atom. The van der Waals surface area contributed by atoms with Crippen molar-refractivity contribution in [3.63, 3.8) is 0 Å². The summed E-state index contributed by atoms with van der Waals surface area (Å²) < 4.78 is 12.7. The number of nitrogens with zero attached hydrogens (tertiary/aromatic N) is 3. The fraction of sp³-hybridized carbons (Fsp3) is 0.562. The monoisotopic (exact) mass is 366 g/mol. The Bertz CT molecular complexity index is 788. The van der Waals surface area contributed by atoms with E-state index in [1.54, 1.807) is 11.6 Å². The molecule has 9 heteroatoms. The van der Waals surface area contributed by atoms with Gasteiger partial charge in [0.25, 0.3) is 11.5 Å². The van der Waals surface area contributed by atoms with E-state index in [9.17, 15) is 9.59 Å². The summed E-state index contributed by atoms with van der Waals surface area (Å²) >= 11 is 1.35. The molecule has 8 nitrogen and oxygen atoms in total. The summed E-state index contributed by atoms with van der Waals surface area (Å²) in [6.07, 6.45) is 3.52. The van der Waals surface area contributed by atoms with Crippen molar-refractivity contribution >= 4 is 22.2 Å². The van der Waals surface area contributed by atoms with Crippen LogP contribution in [0.5, 0.6) is 0 Å². The lowest BCUT2D eigenvalue weighted by Crippen LogP contribution is -2.51. The van der Waals surface area contributed by atoms with Crippen molar-refractivity contribution in [1.82, 2.24) is 19.6 Å². The Kier molecular flexibility index (Phi) is 5.79. The minimum atomic E-state index is -0.449. The van der Waals surface area contributed by atoms with E-state index in [1.165, 1.54) is 21.9 Å². The molecule has 0 bridgehead atoms. The minimum Gasteiger partial charge on any atom is -0.379 e. The van der Waals surface area contributed by atoms with Crippen LogP contribution in [0.4, 0.5) is 0 Å². The number of hydrogen-bond donors (Lipinski definition) is 1. The molecule has 2 aromatic heterocycles. The number of fused-ring (bicyclic) bond motifs is 1. The molecule has 1 fully saturated rings. The molecule has 3 rings (SSSR count). The van der Waals surface area contributed by atoms with Crippen LogP contribution in [0.2, 0.25) is 0 Å². The maximum atomic E-state index is 12.5. The van der Waals surface area contributed by atoms with Crippen molar-refractivity contribution in [2.75, 3.05) is 40.5 Å². The SMILES string of the molecule is CN(C)CCO[C@@H]1CCOC[C@@H]1NC(=O)c1cnc2sccn2c1=O. The van der Waals surface area contributed by atoms with Crippen LogP contribution in [0.1, 0.15) is 16.8 Å². The van der Waals surface area contributed by atoms with Gasteiger partial charge in [-0.15, -0.1) is 11.3 Å². The number of aromatic nitrogens is 2. The Labute approximate surface area is 149 Å². The van der Waals surface area contributed by atoms with Crippen molar-refractivity contribution in [2.24, 2.45) is 0 Å². The highest BCUT2D eigenvalue weighted by atomic mass is 32.1. The van der Waals surface area contributed by atoms with Gasteiger partial charge >= 0.3 is 0 Å². The molecule has 136 valence electrons. The van der Waals surface area contributed by atoms with E-state index < -0.39 is 5.91 Å². The lowest BCUT2D eigenvalue weighted by atomic mass is 10.1. The average molecular weight is 366 g/mol. The molecule has 0 radical (unpaired) electrons. The molecule has 2 atom stereocenters. The standard InChI is InChI=1S/C16H22N4O4S/c1-19(2)4-7-24-13-3-6-23-10-12(13)18-14(21)11-9-17-16-20(15(11)22)5-8-25-16/h5,8-9,12-13H,3-4,6-7,10H2,1-2H3,(H,18,21)/t12-,13+/m0/s1. The fourth-order valence-corrected chi connectivity index (χ4v) is 3.34. The van der Waals surface area contributed by atoms with Crippen molar-refractivity contribution in [2.45, 2.75) is 18.6 Å². The number of hydrogen-bond acceptors (Lipinski definition) is 7. The third-order valence-corrected chi connectivity index (χ3v) is 4.84. The number of rotatable bonds is 6. The lowest BCUT2D eigenvalue weighted by Gasteiger charge is -2.32. The molecule has 0 unspecified atom stereocenters. The van der Waals surface area contributed by atoms with Crippen LogP contribution in [0.15, 0.2) is 22.6 Å². The molecular weight excluding hydrogens is 344 g/mol. The molecular formula is C16H22N4O4S. The summed E-state index contributed by atoms with van der Waals surface area (Å²) in [6, 6.07) is -0.286. The number of carbonyl (C=O) groups is 1. The van der Waals surface area contributed by atoms with Gasteiger partial charge in [-0.3, -0.25) is 14.0 Å². The number of nitrogens with one attached hydrogen (secondary N) is 1. The second-order valence-electron chi connectivity index (χ2n) is 6.19. The van der Waals surface area contributed by atoms with Crippen LogP contribution < -0.4 is 10.9 Å². The summed E-state index contributed by atoms with van der Waals surface area (Å²) in [4.78, 5) is 31.7. The van der Waals surface area contributed by atoms with Gasteiger partial charge in [-0.05, 0) is 20.5 Å². The molecule has 25 heavy (non-hydrogen) atoms. The first-order valence-corrected chi connectivity index (χ1v) is 9.04. The van der Waals surface area contributed by atoms with E-state index in [0.717, 1.165) is 6.54 Å². The molecule has 0 aromatic carbocycles. The van der Waals surface area contributed by atoms with E-state index in [2.05, 4.69) is 10.3 Å². The van der Waals surface area contributed by atoms with Crippen LogP contribution in [0, 0.1) is 0 Å². The Hall–Kier alpha value is -1.81. The van der Waals surface area contributed by atoms with E-state index in [-0.39, 0.29) is 23.3 Å². The zero-order valence-electron chi connectivity index (χ0n) is 14.3. The Morgan fingerprint density at radius 3 is 3.20 bits per heavy atom. The summed E-state index contributed by atoms with van der Waals surface area (Å²) in [7, 11) is 3.96. The largest absolute Gasteiger partial charge is 0.379 e. The first-order valence-electron chi connectivity index (χ1n) is 8.16. The van der Waals surface area contributed by atoms with Crippen LogP contribution in [-0.2, 0) is 9.47 Å². The first kappa shape index (κ1) is 18.0. The van der Waals surface area contributed by atoms with E-state index in [0.29, 0.717) is 31.2 Å². The molecule has 0 aliphatic carbocycles. The zero-order valence-corrected chi connectivity index (χ0v) is 15.1. The van der Waals surface area contributed by atoms with Gasteiger partial charge in [0, 0.05) is 30.9 Å². The highest BCUT2D eigenvalue weighted by Crippen LogP contribution is 2.13. The maximum Gasteiger partial charge on any atom is 0.271 e. The van der Waals surface area contributed by atoms with Crippen molar-refractivity contribution < 1.29 is 14.3 Å². The van der Waals surface area contributed by atoms with Gasteiger partial charge in [0.2, 0.25) is 0 Å². The van der Waals surface area contributed by atoms with Gasteiger partial charge in [0.1, 0.15) is 5.56 Å². The molecule has 2 aromatic rings. The fourth-order valence-electron chi connectivity index (χ4n) is 2.67. The molecule has 0 spiro atoms. The van der Waals surface area contributed by atoms with Crippen molar-refractivity contribution in [3.05, 3.63) is 33.7 Å². The predicted molar refractivity (Wildman–Crippen MR) is 94.3 cm³/mol. The van der Waals surface area contributed by atoms with E-state index in [1.807, 2.05) is 19.0 Å².